The molecule has 0 saturated carbocycles. The topological polar surface area (TPSA) is 83.4 Å². The summed E-state index contributed by atoms with van der Waals surface area (Å²) in [7, 11) is 3.20. The van der Waals surface area contributed by atoms with Crippen LogP contribution in [0.15, 0.2) is 58.7 Å². The van der Waals surface area contributed by atoms with Crippen LogP contribution in [0.5, 0.6) is 17.2 Å². The average molecular weight is 534 g/mol. The predicted octanol–water partition coefficient (Wildman–Crippen LogP) is 6.41. The van der Waals surface area contributed by atoms with E-state index < -0.39 is 11.8 Å². The number of rotatable bonds is 9. The van der Waals surface area contributed by atoms with Crippen LogP contribution in [0.1, 0.15) is 76.8 Å². The summed E-state index contributed by atoms with van der Waals surface area (Å²) in [4.78, 5) is 32.5. The Balaban J connectivity index is 1.81. The molecule has 0 spiro atoms. The van der Waals surface area contributed by atoms with Gasteiger partial charge in [0, 0.05) is 34.9 Å². The molecule has 2 aromatic carbocycles. The molecule has 208 valence electrons. The van der Waals surface area contributed by atoms with Crippen LogP contribution in [0.3, 0.4) is 0 Å². The molecule has 1 aliphatic carbocycles. The van der Waals surface area contributed by atoms with Crippen LogP contribution in [0, 0.1) is 5.92 Å². The summed E-state index contributed by atoms with van der Waals surface area (Å²) in [5, 5.41) is 0. The number of hydrogen-bond acceptors (Lipinski definition) is 7. The molecule has 7 nitrogen and oxygen atoms in total. The quantitative estimate of drug-likeness (QED) is 0.347. The number of ketones is 1. The summed E-state index contributed by atoms with van der Waals surface area (Å²) < 4.78 is 22.9. The summed E-state index contributed by atoms with van der Waals surface area (Å²) in [6.07, 6.45) is 1.27. The van der Waals surface area contributed by atoms with E-state index >= 15 is 0 Å². The van der Waals surface area contributed by atoms with Crippen molar-refractivity contribution < 1.29 is 28.5 Å². The summed E-state index contributed by atoms with van der Waals surface area (Å²) >= 11 is 0. The van der Waals surface area contributed by atoms with Crippen molar-refractivity contribution in [3.63, 3.8) is 0 Å². The van der Waals surface area contributed by atoms with Gasteiger partial charge in [-0.1, -0.05) is 31.2 Å². The Bertz CT molecular complexity index is 1290. The van der Waals surface area contributed by atoms with Gasteiger partial charge in [-0.05, 0) is 70.2 Å². The van der Waals surface area contributed by atoms with Crippen molar-refractivity contribution in [3.8, 4) is 17.2 Å². The number of methoxy groups -OCH3 is 2. The molecule has 1 heterocycles. The second kappa shape index (κ2) is 12.1. The highest BCUT2D eigenvalue weighted by molar-refractivity contribution is 6.09. The first-order chi connectivity index (χ1) is 18.7. The number of carbonyl (C=O) groups is 2. The van der Waals surface area contributed by atoms with E-state index in [1.165, 1.54) is 0 Å². The van der Waals surface area contributed by atoms with E-state index in [2.05, 4.69) is 0 Å². The van der Waals surface area contributed by atoms with Crippen molar-refractivity contribution in [1.82, 2.24) is 0 Å². The number of aliphatic imine (C=N–C) groups is 1. The van der Waals surface area contributed by atoms with Crippen molar-refractivity contribution in [1.29, 1.82) is 0 Å². The molecule has 4 rings (SSSR count). The van der Waals surface area contributed by atoms with Gasteiger partial charge in [-0.25, -0.2) is 0 Å². The van der Waals surface area contributed by atoms with Crippen LogP contribution in [-0.4, -0.2) is 43.9 Å². The second-order valence-corrected chi connectivity index (χ2v) is 10.6. The standard InChI is InChI=1S/C32H39NO6/c1-8-19(4)39-32(35)29-20(5)33-24-15-22(21-13-14-27(36-6)28(17-21)37-7)16-25(34)31(24)30(29)23-11-9-10-12-26(23)38-18(2)3/h9-14,17-19,22,29-30H,8,15-16H2,1-7H3/t19-,22+,29?,30-/m0/s1. The zero-order valence-electron chi connectivity index (χ0n) is 23.9. The highest BCUT2D eigenvalue weighted by atomic mass is 16.5. The Morgan fingerprint density at radius 2 is 1.72 bits per heavy atom. The lowest BCUT2D eigenvalue weighted by atomic mass is 9.69. The molecular formula is C32H39NO6. The van der Waals surface area contributed by atoms with Crippen LogP contribution in [-0.2, 0) is 14.3 Å². The first-order valence-corrected chi connectivity index (χ1v) is 13.7. The number of benzene rings is 2. The molecule has 0 radical (unpaired) electrons. The third-order valence-electron chi connectivity index (χ3n) is 7.53. The van der Waals surface area contributed by atoms with E-state index in [9.17, 15) is 9.59 Å². The Hall–Kier alpha value is -3.61. The largest absolute Gasteiger partial charge is 0.493 e. The first kappa shape index (κ1) is 28.4. The number of allylic oxidation sites excluding steroid dienone is 2. The molecule has 0 N–H and O–H groups in total. The zero-order valence-corrected chi connectivity index (χ0v) is 23.9. The van der Waals surface area contributed by atoms with E-state index in [0.717, 1.165) is 16.8 Å². The van der Waals surface area contributed by atoms with E-state index in [1.54, 1.807) is 14.2 Å². The van der Waals surface area contributed by atoms with Crippen molar-refractivity contribution in [2.45, 2.75) is 77.9 Å². The molecule has 2 aliphatic rings. The second-order valence-electron chi connectivity index (χ2n) is 10.6. The summed E-state index contributed by atoms with van der Waals surface area (Å²) in [5.74, 6) is 0.220. The van der Waals surface area contributed by atoms with Crippen molar-refractivity contribution in [2.75, 3.05) is 14.2 Å². The van der Waals surface area contributed by atoms with Gasteiger partial charge in [-0.15, -0.1) is 0 Å². The number of carbonyl (C=O) groups excluding carboxylic acids is 2. The Morgan fingerprint density at radius 3 is 2.38 bits per heavy atom. The lowest BCUT2D eigenvalue weighted by molar-refractivity contribution is -0.151. The minimum atomic E-state index is -0.712. The molecule has 1 unspecified atom stereocenters. The molecule has 7 heteroatoms. The molecule has 39 heavy (non-hydrogen) atoms. The summed E-state index contributed by atoms with van der Waals surface area (Å²) in [6, 6.07) is 13.4. The van der Waals surface area contributed by atoms with Gasteiger partial charge in [0.15, 0.2) is 17.3 Å². The average Bonchev–Trinajstić information content (AvgIpc) is 2.91. The normalized spacial score (nSPS) is 21.7. The van der Waals surface area contributed by atoms with E-state index in [1.807, 2.05) is 77.1 Å². The van der Waals surface area contributed by atoms with Gasteiger partial charge >= 0.3 is 5.97 Å². The number of esters is 1. The maximum absolute atomic E-state index is 14.0. The molecule has 0 bridgehead atoms. The highest BCUT2D eigenvalue weighted by Crippen LogP contribution is 2.49. The maximum Gasteiger partial charge on any atom is 0.315 e. The van der Waals surface area contributed by atoms with Crippen LogP contribution in [0.2, 0.25) is 0 Å². The third-order valence-corrected chi connectivity index (χ3v) is 7.53. The number of hydrogen-bond donors (Lipinski definition) is 0. The molecule has 2 aromatic rings. The SMILES string of the molecule is CC[C@H](C)OC(=O)C1C(C)=NC2=C(C(=O)C[C@H](c3ccc(OC)c(OC)c3)C2)[C@H]1c1ccccc1OC(C)C. The van der Waals surface area contributed by atoms with E-state index in [0.29, 0.717) is 47.8 Å². The fraction of sp³-hybridized carbons (Fsp3) is 0.469. The van der Waals surface area contributed by atoms with Gasteiger partial charge in [0.2, 0.25) is 0 Å². The van der Waals surface area contributed by atoms with Crippen molar-refractivity contribution in [2.24, 2.45) is 10.9 Å². The molecule has 1 aliphatic heterocycles. The van der Waals surface area contributed by atoms with Crippen LogP contribution < -0.4 is 14.2 Å². The van der Waals surface area contributed by atoms with Gasteiger partial charge in [-0.2, -0.15) is 0 Å². The highest BCUT2D eigenvalue weighted by Gasteiger charge is 2.46. The molecule has 0 aromatic heterocycles. The monoisotopic (exact) mass is 533 g/mol. The van der Waals surface area contributed by atoms with Gasteiger partial charge < -0.3 is 18.9 Å². The van der Waals surface area contributed by atoms with Gasteiger partial charge in [0.05, 0.1) is 26.4 Å². The molecular weight excluding hydrogens is 494 g/mol. The predicted molar refractivity (Wildman–Crippen MR) is 151 cm³/mol. The number of ether oxygens (including phenoxy) is 4. The Labute approximate surface area is 231 Å². The maximum atomic E-state index is 14.0. The number of Topliss-reactive ketones (excluding diaryl/α,β-unsaturated/α-hetero) is 1. The fourth-order valence-corrected chi connectivity index (χ4v) is 5.50. The molecule has 0 saturated heterocycles. The number of nitrogens with zero attached hydrogens (tertiary/aromatic N) is 1. The Morgan fingerprint density at radius 1 is 1.00 bits per heavy atom. The van der Waals surface area contributed by atoms with Crippen molar-refractivity contribution in [3.05, 3.63) is 64.9 Å². The van der Waals surface area contributed by atoms with Gasteiger partial charge in [-0.3, -0.25) is 14.6 Å². The van der Waals surface area contributed by atoms with Crippen LogP contribution in [0.25, 0.3) is 0 Å². The molecule has 4 atom stereocenters. The lowest BCUT2D eigenvalue weighted by Gasteiger charge is -2.37. The zero-order chi connectivity index (χ0) is 28.3. The van der Waals surface area contributed by atoms with Gasteiger partial charge in [0.25, 0.3) is 0 Å². The lowest BCUT2D eigenvalue weighted by Crippen LogP contribution is -2.39. The minimum Gasteiger partial charge on any atom is -0.493 e. The van der Waals surface area contributed by atoms with E-state index in [4.69, 9.17) is 23.9 Å². The van der Waals surface area contributed by atoms with Crippen molar-refractivity contribution >= 4 is 17.5 Å². The summed E-state index contributed by atoms with van der Waals surface area (Å²) in [5.41, 5.74) is 3.74. The molecule has 0 amide bonds. The van der Waals surface area contributed by atoms with Crippen LogP contribution in [0.4, 0.5) is 0 Å². The Kier molecular flexibility index (Phi) is 8.78. The van der Waals surface area contributed by atoms with Gasteiger partial charge in [0.1, 0.15) is 11.7 Å². The molecule has 0 fully saturated rings. The smallest absolute Gasteiger partial charge is 0.315 e. The number of para-hydroxylation sites is 1. The third kappa shape index (κ3) is 5.87. The fourth-order valence-electron chi connectivity index (χ4n) is 5.50. The first-order valence-electron chi connectivity index (χ1n) is 13.7. The van der Waals surface area contributed by atoms with E-state index in [-0.39, 0.29) is 29.9 Å². The summed E-state index contributed by atoms with van der Waals surface area (Å²) in [6.45, 7) is 9.63. The minimum absolute atomic E-state index is 0.0158. The van der Waals surface area contributed by atoms with Crippen LogP contribution >= 0.6 is 0 Å².